The van der Waals surface area contributed by atoms with Crippen molar-refractivity contribution in [1.29, 1.82) is 0 Å². The average molecular weight is 304 g/mol. The highest BCUT2D eigenvalue weighted by molar-refractivity contribution is 7.67. The summed E-state index contributed by atoms with van der Waals surface area (Å²) in [6, 6.07) is 0. The second-order valence-corrected chi connectivity index (χ2v) is 26.5. The minimum atomic E-state index is -1.30. The molecular formula is C12H30NPSi3. The number of rotatable bonds is 5. The molecule has 100 valence electrons. The van der Waals surface area contributed by atoms with Gasteiger partial charge in [0, 0.05) is 8.07 Å². The maximum Gasteiger partial charge on any atom is 0.116 e. The Kier molecular flexibility index (Phi) is 5.91. The van der Waals surface area contributed by atoms with Crippen molar-refractivity contribution in [2.45, 2.75) is 58.9 Å². The molecule has 0 fully saturated rings. The average Bonchev–Trinajstić information content (AvgIpc) is 1.94. The molecule has 0 rings (SSSR count). The van der Waals surface area contributed by atoms with Crippen molar-refractivity contribution in [3.63, 3.8) is 0 Å². The number of terminal acetylenes is 1. The smallest absolute Gasteiger partial charge is 0.116 e. The summed E-state index contributed by atoms with van der Waals surface area (Å²) in [6.45, 7) is 22.0. The van der Waals surface area contributed by atoms with Crippen LogP contribution in [0.4, 0.5) is 0 Å². The molecule has 0 N–H and O–H groups in total. The van der Waals surface area contributed by atoms with E-state index in [4.69, 9.17) is 6.42 Å². The van der Waals surface area contributed by atoms with Crippen molar-refractivity contribution in [3.05, 3.63) is 0 Å². The van der Waals surface area contributed by atoms with Gasteiger partial charge in [0.25, 0.3) is 0 Å². The summed E-state index contributed by atoms with van der Waals surface area (Å²) in [6.07, 6.45) is 5.88. The first kappa shape index (κ1) is 17.6. The van der Waals surface area contributed by atoms with Gasteiger partial charge in [-0.25, -0.2) is 0 Å². The van der Waals surface area contributed by atoms with E-state index in [9.17, 15) is 0 Å². The van der Waals surface area contributed by atoms with E-state index in [1.165, 1.54) is 5.79 Å². The summed E-state index contributed by atoms with van der Waals surface area (Å²) < 4.78 is 2.84. The van der Waals surface area contributed by atoms with E-state index in [2.05, 4.69) is 68.6 Å². The van der Waals surface area contributed by atoms with Crippen LogP contribution >= 0.6 is 8.07 Å². The minimum Gasteiger partial charge on any atom is -0.315 e. The Bertz CT molecular complexity index is 277. The monoisotopic (exact) mass is 303 g/mol. The predicted octanol–water partition coefficient (Wildman–Crippen LogP) is 4.82. The molecule has 17 heavy (non-hydrogen) atoms. The molecule has 0 aliphatic carbocycles. The molecule has 1 atom stereocenters. The van der Waals surface area contributed by atoms with E-state index in [1.54, 1.807) is 0 Å². The molecule has 0 aliphatic rings. The molecular weight excluding hydrogens is 273 g/mol. The predicted molar refractivity (Wildman–Crippen MR) is 92.5 cm³/mol. The lowest BCUT2D eigenvalue weighted by molar-refractivity contribution is 0.977. The van der Waals surface area contributed by atoms with Crippen LogP contribution in [0.5, 0.6) is 0 Å². The maximum absolute atomic E-state index is 5.88. The SMILES string of the molecule is C#CP(C[Si](C)(C)C)N([Si](C)(C)C)[Si](C)(C)C. The normalized spacial score (nSPS) is 15.8. The van der Waals surface area contributed by atoms with Gasteiger partial charge in [-0.15, -0.1) is 6.42 Å². The summed E-state index contributed by atoms with van der Waals surface area (Å²) >= 11 is 0. The van der Waals surface area contributed by atoms with E-state index < -0.39 is 24.5 Å². The van der Waals surface area contributed by atoms with Crippen LogP contribution in [0.25, 0.3) is 0 Å². The standard InChI is InChI=1S/C12H30NPSi3/c1-11-14(12-15(2,3)4)13(16(5,6)7)17(8,9)10/h1H,12H2,2-10H3. The molecule has 0 heterocycles. The number of nitrogens with zero attached hydrogens (tertiary/aromatic N) is 1. The number of hydrogen-bond donors (Lipinski definition) is 0. The van der Waals surface area contributed by atoms with Gasteiger partial charge in [0.2, 0.25) is 0 Å². The topological polar surface area (TPSA) is 3.24 Å². The van der Waals surface area contributed by atoms with E-state index in [1.807, 2.05) is 0 Å². The molecule has 0 amide bonds. The highest BCUT2D eigenvalue weighted by Gasteiger charge is 2.40. The van der Waals surface area contributed by atoms with Crippen molar-refractivity contribution < 1.29 is 0 Å². The molecule has 0 saturated heterocycles. The molecule has 0 radical (unpaired) electrons. The van der Waals surface area contributed by atoms with Crippen LogP contribution in [0.15, 0.2) is 0 Å². The highest BCUT2D eigenvalue weighted by Crippen LogP contribution is 2.48. The highest BCUT2D eigenvalue weighted by atomic mass is 31.1. The fraction of sp³-hybridized carbons (Fsp3) is 0.833. The Morgan fingerprint density at radius 3 is 1.41 bits per heavy atom. The first-order chi connectivity index (χ1) is 7.29. The molecule has 0 aliphatic heterocycles. The van der Waals surface area contributed by atoms with Crippen LogP contribution < -0.4 is 0 Å². The lowest BCUT2D eigenvalue weighted by atomic mass is 11.4. The maximum atomic E-state index is 5.88. The van der Waals surface area contributed by atoms with Crippen LogP contribution in [0, 0.1) is 12.1 Å². The Morgan fingerprint density at radius 2 is 1.24 bits per heavy atom. The van der Waals surface area contributed by atoms with Gasteiger partial charge in [-0.05, 0) is 5.79 Å². The third kappa shape index (κ3) is 6.35. The van der Waals surface area contributed by atoms with Gasteiger partial charge in [-0.3, -0.25) is 0 Å². The zero-order valence-electron chi connectivity index (χ0n) is 13.2. The van der Waals surface area contributed by atoms with Crippen molar-refractivity contribution in [2.24, 2.45) is 0 Å². The van der Waals surface area contributed by atoms with Crippen LogP contribution in [-0.4, -0.2) is 34.3 Å². The van der Waals surface area contributed by atoms with Crippen LogP contribution in [0.3, 0.4) is 0 Å². The van der Waals surface area contributed by atoms with Gasteiger partial charge in [0.05, 0.1) is 8.07 Å². The van der Waals surface area contributed by atoms with E-state index in [0.29, 0.717) is 0 Å². The first-order valence-corrected chi connectivity index (χ1v) is 18.4. The van der Waals surface area contributed by atoms with Crippen LogP contribution in [0.2, 0.25) is 58.9 Å². The van der Waals surface area contributed by atoms with Crippen LogP contribution in [0.1, 0.15) is 0 Å². The van der Waals surface area contributed by atoms with Gasteiger partial charge in [0.1, 0.15) is 16.5 Å². The summed E-state index contributed by atoms with van der Waals surface area (Å²) in [5, 5.41) is 0. The molecule has 0 aromatic carbocycles. The van der Waals surface area contributed by atoms with Crippen molar-refractivity contribution >= 4 is 32.6 Å². The third-order valence-corrected chi connectivity index (χ3v) is 19.7. The second-order valence-electron chi connectivity index (χ2n) is 7.90. The van der Waals surface area contributed by atoms with Crippen molar-refractivity contribution in [2.75, 3.05) is 5.79 Å². The third-order valence-electron chi connectivity index (χ3n) is 2.29. The molecule has 0 spiro atoms. The molecule has 1 unspecified atom stereocenters. The fourth-order valence-corrected chi connectivity index (χ4v) is 22.5. The Hall–Kier alpha value is 0.601. The minimum absolute atomic E-state index is 0.340. The largest absolute Gasteiger partial charge is 0.315 e. The van der Waals surface area contributed by atoms with Gasteiger partial charge in [0.15, 0.2) is 0 Å². The van der Waals surface area contributed by atoms with Gasteiger partial charge < -0.3 is 4.00 Å². The molecule has 0 aromatic heterocycles. The summed E-state index contributed by atoms with van der Waals surface area (Å²) in [5.74, 6) is 1.30. The van der Waals surface area contributed by atoms with E-state index in [0.717, 1.165) is 0 Å². The quantitative estimate of drug-likeness (QED) is 0.400. The number of hydrogen-bond acceptors (Lipinski definition) is 1. The Balaban J connectivity index is 5.25. The van der Waals surface area contributed by atoms with E-state index in [-0.39, 0.29) is 8.07 Å². The van der Waals surface area contributed by atoms with Crippen molar-refractivity contribution in [1.82, 2.24) is 4.00 Å². The molecule has 5 heteroatoms. The first-order valence-electron chi connectivity index (χ1n) is 6.33. The van der Waals surface area contributed by atoms with E-state index >= 15 is 0 Å². The summed E-state index contributed by atoms with van der Waals surface area (Å²) in [4.78, 5) is 0. The van der Waals surface area contributed by atoms with Gasteiger partial charge >= 0.3 is 0 Å². The Morgan fingerprint density at radius 1 is 0.882 bits per heavy atom. The zero-order chi connectivity index (χ0) is 14.1. The van der Waals surface area contributed by atoms with Crippen molar-refractivity contribution in [3.8, 4) is 12.1 Å². The Labute approximate surface area is 113 Å². The molecule has 0 bridgehead atoms. The lowest BCUT2D eigenvalue weighted by Gasteiger charge is -2.47. The molecule has 0 aromatic rings. The molecule has 0 saturated carbocycles. The fourth-order valence-electron chi connectivity index (χ4n) is 2.35. The van der Waals surface area contributed by atoms with Crippen LogP contribution in [-0.2, 0) is 0 Å². The second kappa shape index (κ2) is 5.71. The zero-order valence-corrected chi connectivity index (χ0v) is 17.1. The summed E-state index contributed by atoms with van der Waals surface area (Å²) in [5.41, 5.74) is 3.17. The lowest BCUT2D eigenvalue weighted by Crippen LogP contribution is -2.56. The van der Waals surface area contributed by atoms with Gasteiger partial charge in [-0.1, -0.05) is 64.6 Å². The summed E-state index contributed by atoms with van der Waals surface area (Å²) in [7, 11) is -4.02. The van der Waals surface area contributed by atoms with Gasteiger partial charge in [-0.2, -0.15) is 0 Å². The molecule has 1 nitrogen and oxygen atoms in total.